The van der Waals surface area contributed by atoms with E-state index in [-0.39, 0.29) is 23.4 Å². The molecule has 0 saturated carbocycles. The normalized spacial score (nSPS) is 10.9. The number of nitrogens with one attached hydrogen (secondary N) is 1. The van der Waals surface area contributed by atoms with E-state index in [4.69, 9.17) is 0 Å². The molecule has 6 nitrogen and oxygen atoms in total. The number of fused-ring (bicyclic) bond motifs is 1. The van der Waals surface area contributed by atoms with Crippen molar-refractivity contribution in [2.75, 3.05) is 5.32 Å². The van der Waals surface area contributed by atoms with Crippen molar-refractivity contribution in [2.24, 2.45) is 0 Å². The maximum atomic E-state index is 14.0. The lowest BCUT2D eigenvalue weighted by atomic mass is 10.0. The molecule has 0 aliphatic rings. The summed E-state index contributed by atoms with van der Waals surface area (Å²) in [6, 6.07) is 9.27. The van der Waals surface area contributed by atoms with Crippen molar-refractivity contribution in [1.29, 1.82) is 0 Å². The number of carbonyl (C=O) groups excluding carboxylic acids is 2. The molecule has 166 valence electrons. The molecule has 4 aromatic rings. The van der Waals surface area contributed by atoms with Gasteiger partial charge in [0.15, 0.2) is 5.78 Å². The molecule has 8 heteroatoms. The van der Waals surface area contributed by atoms with Crippen LogP contribution in [0.5, 0.6) is 0 Å². The van der Waals surface area contributed by atoms with Crippen LogP contribution in [-0.4, -0.2) is 21.2 Å². The summed E-state index contributed by atoms with van der Waals surface area (Å²) in [4.78, 5) is 42.8. The number of anilines is 1. The Labute approximate surface area is 187 Å². The van der Waals surface area contributed by atoms with Crippen molar-refractivity contribution in [3.63, 3.8) is 0 Å². The SMILES string of the molecule is Cc1cc2c(=O)c(C(=O)c3ccncc3)cn(CC(=O)Nc3ccc(F)cc3F)c2cc1C. The molecule has 0 fully saturated rings. The molecule has 2 aromatic heterocycles. The standard InChI is InChI=1S/C25H19F2N3O3/c1-14-9-18-22(10-15(14)2)30(13-23(31)29-21-4-3-17(26)11-20(21)27)12-19(25(18)33)24(32)16-5-7-28-8-6-16/h3-12H,13H2,1-2H3,(H,29,31). The minimum atomic E-state index is -0.909. The van der Waals surface area contributed by atoms with Gasteiger partial charge in [0.05, 0.1) is 16.8 Å². The Kier molecular flexibility index (Phi) is 5.83. The van der Waals surface area contributed by atoms with Gasteiger partial charge in [0.2, 0.25) is 11.3 Å². The van der Waals surface area contributed by atoms with Crippen LogP contribution in [0.3, 0.4) is 0 Å². The molecule has 2 aromatic carbocycles. The third-order valence-electron chi connectivity index (χ3n) is 5.40. The van der Waals surface area contributed by atoms with Gasteiger partial charge >= 0.3 is 0 Å². The van der Waals surface area contributed by atoms with Gasteiger partial charge in [0.25, 0.3) is 0 Å². The second kappa shape index (κ2) is 8.74. The second-order valence-corrected chi connectivity index (χ2v) is 7.69. The zero-order chi connectivity index (χ0) is 23.7. The smallest absolute Gasteiger partial charge is 0.244 e. The number of halogens is 2. The summed E-state index contributed by atoms with van der Waals surface area (Å²) < 4.78 is 28.6. The first-order chi connectivity index (χ1) is 15.7. The van der Waals surface area contributed by atoms with E-state index in [1.807, 2.05) is 13.8 Å². The van der Waals surface area contributed by atoms with E-state index < -0.39 is 28.8 Å². The summed E-state index contributed by atoms with van der Waals surface area (Å²) in [6.45, 7) is 3.42. The maximum absolute atomic E-state index is 14.0. The molecule has 4 rings (SSSR count). The molecule has 0 aliphatic carbocycles. The van der Waals surface area contributed by atoms with Gasteiger partial charge in [-0.05, 0) is 61.4 Å². The summed E-state index contributed by atoms with van der Waals surface area (Å²) in [7, 11) is 0. The molecule has 0 atom stereocenters. The number of hydrogen-bond acceptors (Lipinski definition) is 4. The zero-order valence-electron chi connectivity index (χ0n) is 17.9. The Morgan fingerprint density at radius 1 is 1.00 bits per heavy atom. The first kappa shape index (κ1) is 22.0. The van der Waals surface area contributed by atoms with E-state index in [9.17, 15) is 23.2 Å². The van der Waals surface area contributed by atoms with Crippen LogP contribution in [0.4, 0.5) is 14.5 Å². The quantitative estimate of drug-likeness (QED) is 0.466. The van der Waals surface area contributed by atoms with Gasteiger partial charge < -0.3 is 9.88 Å². The lowest BCUT2D eigenvalue weighted by Gasteiger charge is -2.15. The number of benzene rings is 2. The van der Waals surface area contributed by atoms with E-state index in [0.717, 1.165) is 23.3 Å². The molecule has 1 amide bonds. The molecule has 33 heavy (non-hydrogen) atoms. The number of pyridine rings is 2. The van der Waals surface area contributed by atoms with Crippen LogP contribution < -0.4 is 10.7 Å². The molecule has 0 radical (unpaired) electrons. The Morgan fingerprint density at radius 3 is 2.39 bits per heavy atom. The van der Waals surface area contributed by atoms with Crippen LogP contribution in [0.25, 0.3) is 10.9 Å². The molecule has 1 N–H and O–H groups in total. The monoisotopic (exact) mass is 447 g/mol. The maximum Gasteiger partial charge on any atom is 0.244 e. The molecule has 0 aliphatic heterocycles. The highest BCUT2D eigenvalue weighted by atomic mass is 19.1. The molecular formula is C25H19F2N3O3. The molecule has 0 bridgehead atoms. The van der Waals surface area contributed by atoms with E-state index in [1.165, 1.54) is 35.3 Å². The molecular weight excluding hydrogens is 428 g/mol. The fourth-order valence-corrected chi connectivity index (χ4v) is 3.54. The lowest BCUT2D eigenvalue weighted by molar-refractivity contribution is -0.116. The van der Waals surface area contributed by atoms with E-state index in [1.54, 1.807) is 12.1 Å². The van der Waals surface area contributed by atoms with Crippen LogP contribution in [0.1, 0.15) is 27.0 Å². The number of rotatable bonds is 5. The molecule has 0 unspecified atom stereocenters. The Balaban J connectivity index is 1.80. The molecule has 0 spiro atoms. The average Bonchev–Trinajstić information content (AvgIpc) is 2.79. The van der Waals surface area contributed by atoms with Gasteiger partial charge in [-0.2, -0.15) is 0 Å². The predicted octanol–water partition coefficient (Wildman–Crippen LogP) is 4.16. The number of hydrogen-bond donors (Lipinski definition) is 1. The van der Waals surface area contributed by atoms with Gasteiger partial charge in [-0.3, -0.25) is 19.4 Å². The number of aryl methyl sites for hydroxylation is 2. The fraction of sp³-hybridized carbons (Fsp3) is 0.120. The number of amides is 1. The van der Waals surface area contributed by atoms with Gasteiger partial charge in [0, 0.05) is 35.6 Å². The van der Waals surface area contributed by atoms with Crippen LogP contribution in [-0.2, 0) is 11.3 Å². The van der Waals surface area contributed by atoms with E-state index in [0.29, 0.717) is 17.0 Å². The lowest BCUT2D eigenvalue weighted by Crippen LogP contribution is -2.24. The highest BCUT2D eigenvalue weighted by molar-refractivity contribution is 6.10. The summed E-state index contributed by atoms with van der Waals surface area (Å²) in [6.07, 6.45) is 4.23. The second-order valence-electron chi connectivity index (χ2n) is 7.69. The van der Waals surface area contributed by atoms with Crippen molar-refractivity contribution in [3.05, 3.63) is 105 Å². The number of carbonyl (C=O) groups is 2. The van der Waals surface area contributed by atoms with Gasteiger partial charge in [-0.15, -0.1) is 0 Å². The van der Waals surface area contributed by atoms with Crippen LogP contribution >= 0.6 is 0 Å². The van der Waals surface area contributed by atoms with Crippen LogP contribution in [0.15, 0.2) is 65.8 Å². The number of nitrogens with zero attached hydrogens (tertiary/aromatic N) is 2. The fourth-order valence-electron chi connectivity index (χ4n) is 3.54. The summed E-state index contributed by atoms with van der Waals surface area (Å²) in [5.74, 6) is -2.78. The summed E-state index contributed by atoms with van der Waals surface area (Å²) in [5.41, 5.74) is 1.78. The van der Waals surface area contributed by atoms with Crippen molar-refractivity contribution in [1.82, 2.24) is 9.55 Å². The summed E-state index contributed by atoms with van der Waals surface area (Å²) >= 11 is 0. The Bertz CT molecular complexity index is 1460. The summed E-state index contributed by atoms with van der Waals surface area (Å²) in [5, 5.41) is 2.69. The van der Waals surface area contributed by atoms with Crippen molar-refractivity contribution >= 4 is 28.3 Å². The Hall–Kier alpha value is -4.20. The third-order valence-corrected chi connectivity index (χ3v) is 5.40. The van der Waals surface area contributed by atoms with E-state index >= 15 is 0 Å². The minimum absolute atomic E-state index is 0.0993. The minimum Gasteiger partial charge on any atom is -0.337 e. The van der Waals surface area contributed by atoms with Gasteiger partial charge in [-0.1, -0.05) is 0 Å². The van der Waals surface area contributed by atoms with E-state index in [2.05, 4.69) is 10.3 Å². The highest BCUT2D eigenvalue weighted by Gasteiger charge is 2.19. The van der Waals surface area contributed by atoms with Gasteiger partial charge in [-0.25, -0.2) is 8.78 Å². The average molecular weight is 447 g/mol. The largest absolute Gasteiger partial charge is 0.337 e. The van der Waals surface area contributed by atoms with Gasteiger partial charge in [0.1, 0.15) is 18.2 Å². The predicted molar refractivity (Wildman–Crippen MR) is 120 cm³/mol. The van der Waals surface area contributed by atoms with Crippen molar-refractivity contribution < 1.29 is 18.4 Å². The van der Waals surface area contributed by atoms with Crippen molar-refractivity contribution in [3.8, 4) is 0 Å². The first-order valence-corrected chi connectivity index (χ1v) is 10.1. The van der Waals surface area contributed by atoms with Crippen LogP contribution in [0, 0.1) is 25.5 Å². The van der Waals surface area contributed by atoms with Crippen LogP contribution in [0.2, 0.25) is 0 Å². The third kappa shape index (κ3) is 4.41. The highest BCUT2D eigenvalue weighted by Crippen LogP contribution is 2.20. The van der Waals surface area contributed by atoms with Crippen molar-refractivity contribution in [2.45, 2.75) is 20.4 Å². The number of aromatic nitrogens is 2. The topological polar surface area (TPSA) is 81.1 Å². The first-order valence-electron chi connectivity index (χ1n) is 10.1. The zero-order valence-corrected chi connectivity index (χ0v) is 17.9. The number of ketones is 1. The molecule has 2 heterocycles. The molecule has 0 saturated heterocycles. The Morgan fingerprint density at radius 2 is 1.70 bits per heavy atom.